The third-order valence-electron chi connectivity index (χ3n) is 7.95. The Morgan fingerprint density at radius 2 is 1.84 bits per heavy atom. The van der Waals surface area contributed by atoms with Crippen LogP contribution in [-0.2, 0) is 17.8 Å². The van der Waals surface area contributed by atoms with E-state index in [0.717, 1.165) is 22.5 Å². The monoisotopic (exact) mass is 530 g/mol. The normalized spacial score (nSPS) is 18.6. The molecule has 0 aliphatic heterocycles. The number of nitrogens with zero attached hydrogens (tertiary/aromatic N) is 2. The van der Waals surface area contributed by atoms with E-state index in [9.17, 15) is 9.59 Å². The molecule has 1 aromatic heterocycles. The van der Waals surface area contributed by atoms with Crippen molar-refractivity contribution in [3.8, 4) is 0 Å². The molecule has 1 atom stereocenters. The average molecular weight is 531 g/mol. The molecule has 1 heterocycles. The second kappa shape index (κ2) is 12.9. The minimum Gasteiger partial charge on any atom is -0.383 e. The number of hydrogen-bond acceptors (Lipinski definition) is 5. The summed E-state index contributed by atoms with van der Waals surface area (Å²) in [7, 11) is 5.93. The zero-order valence-corrected chi connectivity index (χ0v) is 24.2. The Hall–Kier alpha value is -2.35. The fourth-order valence-corrected chi connectivity index (χ4v) is 5.67. The largest absolute Gasteiger partial charge is 0.383 e. The van der Waals surface area contributed by atoms with E-state index in [1.54, 1.807) is 17.7 Å². The van der Waals surface area contributed by atoms with Crippen molar-refractivity contribution < 1.29 is 9.53 Å². The van der Waals surface area contributed by atoms with Crippen molar-refractivity contribution in [3.05, 3.63) is 61.5 Å². The smallest absolute Gasteiger partial charge is 0.256 e. The fraction of sp³-hybridized carbons (Fsp3) is 0.586. The lowest BCUT2D eigenvalue weighted by molar-refractivity contribution is 0.0950. The molecule has 37 heavy (non-hydrogen) atoms. The van der Waals surface area contributed by atoms with Crippen LogP contribution in [0.4, 0.5) is 5.69 Å². The maximum absolute atomic E-state index is 13.2. The highest BCUT2D eigenvalue weighted by Gasteiger charge is 2.27. The molecule has 0 radical (unpaired) electrons. The van der Waals surface area contributed by atoms with Crippen molar-refractivity contribution in [2.24, 2.45) is 5.92 Å². The number of nitrogens with one attached hydrogen (secondary N) is 2. The molecule has 2 aromatic rings. The van der Waals surface area contributed by atoms with Gasteiger partial charge in [-0.3, -0.25) is 9.59 Å². The molecule has 1 saturated carbocycles. The van der Waals surface area contributed by atoms with Crippen LogP contribution in [0.3, 0.4) is 0 Å². The highest BCUT2D eigenvalue weighted by molar-refractivity contribution is 6.31. The lowest BCUT2D eigenvalue weighted by atomic mass is 9.81. The first-order valence-electron chi connectivity index (χ1n) is 13.2. The lowest BCUT2D eigenvalue weighted by Crippen LogP contribution is -2.36. The Morgan fingerprint density at radius 3 is 2.46 bits per heavy atom. The van der Waals surface area contributed by atoms with Crippen molar-refractivity contribution in [1.29, 1.82) is 0 Å². The fourth-order valence-electron chi connectivity index (χ4n) is 5.46. The van der Waals surface area contributed by atoms with Gasteiger partial charge in [-0.15, -0.1) is 0 Å². The third kappa shape index (κ3) is 7.15. The molecule has 7 nitrogen and oxygen atoms in total. The van der Waals surface area contributed by atoms with Gasteiger partial charge in [0.2, 0.25) is 0 Å². The van der Waals surface area contributed by atoms with Crippen molar-refractivity contribution in [1.82, 2.24) is 14.8 Å². The van der Waals surface area contributed by atoms with Gasteiger partial charge in [0.05, 0.1) is 6.61 Å². The van der Waals surface area contributed by atoms with Gasteiger partial charge in [-0.05, 0) is 103 Å². The van der Waals surface area contributed by atoms with Gasteiger partial charge < -0.3 is 24.8 Å². The summed E-state index contributed by atoms with van der Waals surface area (Å²) in [6.45, 7) is 9.04. The van der Waals surface area contributed by atoms with Gasteiger partial charge in [0, 0.05) is 59.8 Å². The van der Waals surface area contributed by atoms with Gasteiger partial charge in [-0.1, -0.05) is 11.6 Å². The quantitative estimate of drug-likeness (QED) is 0.456. The standard InChI is InChI=1S/C29H43ClN4O3/c1-18-14-19(2)34(12-13-37-7)29(36)26(18)17-31-28(35)25-15-23(30)16-27(20(25)3)32-21(4)22-8-10-24(11-9-22)33(5)6/h14-16,21-22,24,32H,8-13,17H2,1-7H3,(H,31,35). The molecular formula is C29H43ClN4O3. The predicted octanol–water partition coefficient (Wildman–Crippen LogP) is 4.92. The Morgan fingerprint density at radius 1 is 1.16 bits per heavy atom. The molecule has 1 aliphatic rings. The number of hydrogen-bond donors (Lipinski definition) is 2. The molecule has 204 valence electrons. The molecular weight excluding hydrogens is 488 g/mol. The van der Waals surface area contributed by atoms with E-state index in [4.69, 9.17) is 16.3 Å². The maximum atomic E-state index is 13.2. The molecule has 0 spiro atoms. The van der Waals surface area contributed by atoms with Crippen LogP contribution in [-0.4, -0.2) is 55.3 Å². The van der Waals surface area contributed by atoms with Gasteiger partial charge in [0.1, 0.15) is 0 Å². The van der Waals surface area contributed by atoms with Crippen molar-refractivity contribution in [2.45, 2.75) is 78.6 Å². The number of ether oxygens (including phenoxy) is 1. The van der Waals surface area contributed by atoms with E-state index in [1.165, 1.54) is 25.7 Å². The highest BCUT2D eigenvalue weighted by atomic mass is 35.5. The summed E-state index contributed by atoms with van der Waals surface area (Å²) in [5, 5.41) is 7.10. The zero-order chi connectivity index (χ0) is 27.3. The van der Waals surface area contributed by atoms with Crippen LogP contribution in [0, 0.1) is 26.7 Å². The van der Waals surface area contributed by atoms with Crippen LogP contribution in [0.25, 0.3) is 0 Å². The van der Waals surface area contributed by atoms with Gasteiger partial charge in [0.25, 0.3) is 11.5 Å². The SMILES string of the molecule is COCCn1c(C)cc(C)c(CNC(=O)c2cc(Cl)cc(NC(C)C3CCC(N(C)C)CC3)c2C)c1=O. The Balaban J connectivity index is 1.73. The molecule has 1 aliphatic carbocycles. The Kier molecular flexibility index (Phi) is 10.2. The summed E-state index contributed by atoms with van der Waals surface area (Å²) in [5.74, 6) is 0.335. The van der Waals surface area contributed by atoms with Gasteiger partial charge in [-0.2, -0.15) is 0 Å². The van der Waals surface area contributed by atoms with Crippen LogP contribution in [0.5, 0.6) is 0 Å². The van der Waals surface area contributed by atoms with E-state index in [-0.39, 0.29) is 24.1 Å². The number of methoxy groups -OCH3 is 1. The van der Waals surface area contributed by atoms with Crippen LogP contribution < -0.4 is 16.2 Å². The van der Waals surface area contributed by atoms with Gasteiger partial charge in [-0.25, -0.2) is 0 Å². The first-order chi connectivity index (χ1) is 17.5. The highest BCUT2D eigenvalue weighted by Crippen LogP contribution is 2.32. The number of amides is 1. The summed E-state index contributed by atoms with van der Waals surface area (Å²) in [5.41, 5.74) is 4.47. The average Bonchev–Trinajstić information content (AvgIpc) is 2.85. The second-order valence-corrected chi connectivity index (χ2v) is 11.1. The first-order valence-corrected chi connectivity index (χ1v) is 13.6. The van der Waals surface area contributed by atoms with Crippen molar-refractivity contribution >= 4 is 23.2 Å². The summed E-state index contributed by atoms with van der Waals surface area (Å²) < 4.78 is 6.84. The molecule has 2 N–H and O–H groups in total. The van der Waals surface area contributed by atoms with E-state index in [0.29, 0.717) is 41.3 Å². The zero-order valence-electron chi connectivity index (χ0n) is 23.4. The van der Waals surface area contributed by atoms with Crippen LogP contribution in [0.1, 0.15) is 65.3 Å². The molecule has 1 unspecified atom stereocenters. The maximum Gasteiger partial charge on any atom is 0.256 e. The summed E-state index contributed by atoms with van der Waals surface area (Å²) in [4.78, 5) is 28.7. The Labute approximate surface area is 226 Å². The number of carbonyl (C=O) groups excluding carboxylic acids is 1. The van der Waals surface area contributed by atoms with Crippen LogP contribution in [0.15, 0.2) is 23.0 Å². The van der Waals surface area contributed by atoms with Crippen molar-refractivity contribution in [2.75, 3.05) is 33.1 Å². The van der Waals surface area contributed by atoms with Crippen LogP contribution >= 0.6 is 11.6 Å². The molecule has 1 fully saturated rings. The molecule has 3 rings (SSSR count). The van der Waals surface area contributed by atoms with Gasteiger partial charge >= 0.3 is 0 Å². The second-order valence-electron chi connectivity index (χ2n) is 10.7. The minimum atomic E-state index is -0.245. The molecule has 1 amide bonds. The molecule has 0 bridgehead atoms. The number of benzene rings is 1. The van der Waals surface area contributed by atoms with E-state index in [1.807, 2.05) is 32.9 Å². The van der Waals surface area contributed by atoms with Crippen molar-refractivity contribution in [3.63, 3.8) is 0 Å². The van der Waals surface area contributed by atoms with E-state index in [2.05, 4.69) is 36.6 Å². The third-order valence-corrected chi connectivity index (χ3v) is 8.17. The summed E-state index contributed by atoms with van der Waals surface area (Å²) in [6.07, 6.45) is 4.78. The Bertz CT molecular complexity index is 1150. The first kappa shape index (κ1) is 29.2. The number of aromatic nitrogens is 1. The number of halogens is 1. The minimum absolute atomic E-state index is 0.0992. The number of rotatable bonds is 10. The molecule has 0 saturated heterocycles. The van der Waals surface area contributed by atoms with Crippen LogP contribution in [0.2, 0.25) is 5.02 Å². The number of aryl methyl sites for hydroxylation is 2. The number of pyridine rings is 1. The van der Waals surface area contributed by atoms with E-state index >= 15 is 0 Å². The van der Waals surface area contributed by atoms with E-state index < -0.39 is 0 Å². The summed E-state index contributed by atoms with van der Waals surface area (Å²) in [6, 6.07) is 6.50. The molecule has 1 aromatic carbocycles. The molecule has 8 heteroatoms. The lowest BCUT2D eigenvalue weighted by Gasteiger charge is -2.36. The van der Waals surface area contributed by atoms with Gasteiger partial charge in [0.15, 0.2) is 0 Å². The number of anilines is 1. The number of carbonyl (C=O) groups is 1. The predicted molar refractivity (Wildman–Crippen MR) is 152 cm³/mol. The summed E-state index contributed by atoms with van der Waals surface area (Å²) >= 11 is 6.45. The topological polar surface area (TPSA) is 75.6 Å².